The zero-order valence-corrected chi connectivity index (χ0v) is 19.7. The monoisotopic (exact) mass is 519 g/mol. The number of benzene rings is 1. The predicted molar refractivity (Wildman–Crippen MR) is 126 cm³/mol. The summed E-state index contributed by atoms with van der Waals surface area (Å²) in [5.41, 5.74) is 1.31. The Kier molecular flexibility index (Phi) is 9.28. The maximum absolute atomic E-state index is 5.96. The summed E-state index contributed by atoms with van der Waals surface area (Å²) in [6, 6.07) is 8.14. The second-order valence-electron chi connectivity index (χ2n) is 6.48. The lowest BCUT2D eigenvalue weighted by molar-refractivity contribution is 0.172. The molecule has 8 heteroatoms. The molecule has 0 aliphatic carbocycles. The number of hydrogen-bond acceptors (Lipinski definition) is 4. The van der Waals surface area contributed by atoms with Crippen LogP contribution >= 0.6 is 46.9 Å². The Labute approximate surface area is 187 Å². The number of aryl methyl sites for hydroxylation is 1. The number of thiazole rings is 1. The number of rotatable bonds is 5. The summed E-state index contributed by atoms with van der Waals surface area (Å²) < 4.78 is 0. The summed E-state index contributed by atoms with van der Waals surface area (Å²) in [7, 11) is 1.86. The van der Waals surface area contributed by atoms with Crippen molar-refractivity contribution in [1.29, 1.82) is 0 Å². The molecule has 0 saturated carbocycles. The maximum atomic E-state index is 5.96. The third-order valence-corrected chi connectivity index (χ3v) is 5.72. The van der Waals surface area contributed by atoms with E-state index in [1.807, 2.05) is 25.4 Å². The van der Waals surface area contributed by atoms with E-state index in [2.05, 4.69) is 44.1 Å². The van der Waals surface area contributed by atoms with Crippen molar-refractivity contribution in [3.63, 3.8) is 0 Å². The van der Waals surface area contributed by atoms with Crippen molar-refractivity contribution < 1.29 is 0 Å². The zero-order chi connectivity index (χ0) is 18.4. The largest absolute Gasteiger partial charge is 0.356 e. The Morgan fingerprint density at radius 2 is 1.93 bits per heavy atom. The van der Waals surface area contributed by atoms with E-state index in [1.165, 1.54) is 15.4 Å². The van der Waals surface area contributed by atoms with Crippen molar-refractivity contribution in [3.8, 4) is 0 Å². The molecular weight excluding hydrogens is 493 g/mol. The van der Waals surface area contributed by atoms with Crippen LogP contribution in [0.3, 0.4) is 0 Å². The first-order valence-corrected chi connectivity index (χ1v) is 10.2. The Hall–Kier alpha value is -0.900. The van der Waals surface area contributed by atoms with Gasteiger partial charge in [0.25, 0.3) is 0 Å². The summed E-state index contributed by atoms with van der Waals surface area (Å²) in [6.45, 7) is 7.99. The molecule has 1 N–H and O–H groups in total. The fraction of sp³-hybridized carbons (Fsp3) is 0.474. The van der Waals surface area contributed by atoms with E-state index >= 15 is 0 Å². The van der Waals surface area contributed by atoms with Gasteiger partial charge in [0.05, 0.1) is 5.01 Å². The van der Waals surface area contributed by atoms with Crippen LogP contribution < -0.4 is 5.32 Å². The summed E-state index contributed by atoms with van der Waals surface area (Å²) in [5.74, 6) is 0.990. The summed E-state index contributed by atoms with van der Waals surface area (Å²) >= 11 is 7.73. The molecule has 0 spiro atoms. The molecule has 5 nitrogen and oxygen atoms in total. The number of nitrogens with zero attached hydrogens (tertiary/aromatic N) is 4. The standard InChI is InChI=1S/C19H26ClN5S.HI/c1-15-13-23-18(26-15)7-8-22-19(21-2)25-11-9-24(10-12-25)14-16-3-5-17(20)6-4-16;/h3-6,13H,7-12,14H2,1-2H3,(H,21,22);1H. The molecule has 2 aromatic rings. The number of halogens is 2. The smallest absolute Gasteiger partial charge is 0.193 e. The highest BCUT2D eigenvalue weighted by Crippen LogP contribution is 2.13. The second-order valence-corrected chi connectivity index (χ2v) is 8.23. The molecule has 2 heterocycles. The Morgan fingerprint density at radius 1 is 1.22 bits per heavy atom. The van der Waals surface area contributed by atoms with E-state index < -0.39 is 0 Å². The van der Waals surface area contributed by atoms with Crippen LogP contribution in [0.1, 0.15) is 15.4 Å². The number of hydrogen-bond donors (Lipinski definition) is 1. The van der Waals surface area contributed by atoms with Gasteiger partial charge in [-0.05, 0) is 24.6 Å². The lowest BCUT2D eigenvalue weighted by Crippen LogP contribution is -2.52. The molecule has 148 valence electrons. The first kappa shape index (κ1) is 22.4. The van der Waals surface area contributed by atoms with Crippen LogP contribution in [0, 0.1) is 6.92 Å². The first-order chi connectivity index (χ1) is 12.6. The quantitative estimate of drug-likeness (QED) is 0.372. The van der Waals surface area contributed by atoms with Gasteiger partial charge in [0.15, 0.2) is 5.96 Å². The van der Waals surface area contributed by atoms with Gasteiger partial charge >= 0.3 is 0 Å². The van der Waals surface area contributed by atoms with Gasteiger partial charge in [-0.25, -0.2) is 4.98 Å². The van der Waals surface area contributed by atoms with Crippen molar-refractivity contribution in [2.45, 2.75) is 19.9 Å². The molecule has 1 aromatic carbocycles. The molecule has 3 rings (SSSR count). The molecule has 0 radical (unpaired) electrons. The highest BCUT2D eigenvalue weighted by molar-refractivity contribution is 14.0. The lowest BCUT2D eigenvalue weighted by Gasteiger charge is -2.36. The Balaban J connectivity index is 0.00000261. The second kappa shape index (κ2) is 11.2. The van der Waals surface area contributed by atoms with E-state index in [0.717, 1.165) is 56.7 Å². The lowest BCUT2D eigenvalue weighted by atomic mass is 10.2. The first-order valence-electron chi connectivity index (χ1n) is 8.98. The minimum atomic E-state index is 0. The SMILES string of the molecule is CN=C(NCCc1ncc(C)s1)N1CCN(Cc2ccc(Cl)cc2)CC1.I. The van der Waals surface area contributed by atoms with Gasteiger partial charge in [-0.2, -0.15) is 0 Å². The van der Waals surface area contributed by atoms with Crippen LogP contribution in [0.4, 0.5) is 0 Å². The summed E-state index contributed by atoms with van der Waals surface area (Å²) in [6.07, 6.45) is 2.88. The van der Waals surface area contributed by atoms with Gasteiger partial charge in [-0.1, -0.05) is 23.7 Å². The van der Waals surface area contributed by atoms with Crippen LogP contribution in [0.2, 0.25) is 5.02 Å². The van der Waals surface area contributed by atoms with Gasteiger partial charge in [-0.15, -0.1) is 35.3 Å². The molecular formula is C19H27ClIN5S. The van der Waals surface area contributed by atoms with Crippen molar-refractivity contribution >= 4 is 52.9 Å². The van der Waals surface area contributed by atoms with Crippen LogP contribution in [0.15, 0.2) is 35.5 Å². The molecule has 0 bridgehead atoms. The van der Waals surface area contributed by atoms with E-state index in [0.29, 0.717) is 0 Å². The van der Waals surface area contributed by atoms with Crippen molar-refractivity contribution in [2.24, 2.45) is 4.99 Å². The number of piperazine rings is 1. The number of aromatic nitrogens is 1. The average Bonchev–Trinajstić information content (AvgIpc) is 3.07. The Morgan fingerprint density at radius 3 is 2.52 bits per heavy atom. The highest BCUT2D eigenvalue weighted by Gasteiger charge is 2.19. The van der Waals surface area contributed by atoms with E-state index in [-0.39, 0.29) is 24.0 Å². The van der Waals surface area contributed by atoms with Crippen molar-refractivity contribution in [1.82, 2.24) is 20.1 Å². The minimum absolute atomic E-state index is 0. The molecule has 27 heavy (non-hydrogen) atoms. The number of guanidine groups is 1. The van der Waals surface area contributed by atoms with Crippen LogP contribution in [0.25, 0.3) is 0 Å². The molecule has 0 amide bonds. The van der Waals surface area contributed by atoms with Gasteiger partial charge in [0.1, 0.15) is 0 Å². The fourth-order valence-electron chi connectivity index (χ4n) is 3.10. The summed E-state index contributed by atoms with van der Waals surface area (Å²) in [5, 5.41) is 5.45. The Bertz CT molecular complexity index is 726. The molecule has 0 unspecified atom stereocenters. The van der Waals surface area contributed by atoms with E-state index in [9.17, 15) is 0 Å². The highest BCUT2D eigenvalue weighted by atomic mass is 127. The van der Waals surface area contributed by atoms with Gasteiger partial charge in [0.2, 0.25) is 0 Å². The zero-order valence-electron chi connectivity index (χ0n) is 15.8. The van der Waals surface area contributed by atoms with Crippen LogP contribution in [0.5, 0.6) is 0 Å². The number of nitrogens with one attached hydrogen (secondary N) is 1. The van der Waals surface area contributed by atoms with Crippen LogP contribution in [-0.4, -0.2) is 60.5 Å². The van der Waals surface area contributed by atoms with Gasteiger partial charge < -0.3 is 10.2 Å². The van der Waals surface area contributed by atoms with E-state index in [1.54, 1.807) is 11.3 Å². The summed E-state index contributed by atoms with van der Waals surface area (Å²) in [4.78, 5) is 14.9. The predicted octanol–water partition coefficient (Wildman–Crippen LogP) is 3.66. The van der Waals surface area contributed by atoms with E-state index in [4.69, 9.17) is 11.6 Å². The van der Waals surface area contributed by atoms with Crippen molar-refractivity contribution in [2.75, 3.05) is 39.8 Å². The molecule has 1 aromatic heterocycles. The normalized spacial score (nSPS) is 15.5. The van der Waals surface area contributed by atoms with Crippen molar-refractivity contribution in [3.05, 3.63) is 50.9 Å². The van der Waals surface area contributed by atoms with Gasteiger partial charge in [-0.3, -0.25) is 9.89 Å². The average molecular weight is 520 g/mol. The molecule has 1 saturated heterocycles. The van der Waals surface area contributed by atoms with Gasteiger partial charge in [0, 0.05) is 68.8 Å². The maximum Gasteiger partial charge on any atom is 0.193 e. The third kappa shape index (κ3) is 6.89. The molecule has 1 fully saturated rings. The third-order valence-electron chi connectivity index (χ3n) is 4.49. The topological polar surface area (TPSA) is 43.8 Å². The number of aliphatic imine (C=N–C) groups is 1. The minimum Gasteiger partial charge on any atom is -0.356 e. The molecule has 0 atom stereocenters. The molecule has 1 aliphatic heterocycles. The van der Waals surface area contributed by atoms with Crippen LogP contribution in [-0.2, 0) is 13.0 Å². The molecule has 1 aliphatic rings. The fourth-order valence-corrected chi connectivity index (χ4v) is 4.01.